The molecule has 4 heteroatoms. The van der Waals surface area contributed by atoms with Gasteiger partial charge in [-0.3, -0.25) is 0 Å². The van der Waals surface area contributed by atoms with Crippen molar-refractivity contribution >= 4 is 55.7 Å². The molecule has 0 N–H and O–H groups in total. The van der Waals surface area contributed by atoms with Crippen molar-refractivity contribution in [1.29, 1.82) is 0 Å². The maximum Gasteiger partial charge on any atom is 0.119 e. The van der Waals surface area contributed by atoms with E-state index in [4.69, 9.17) is 9.47 Å². The first kappa shape index (κ1) is 55.6. The van der Waals surface area contributed by atoms with Gasteiger partial charge in [0.05, 0.1) is 10.8 Å². The average molecular weight is 1180 g/mol. The molecule has 0 saturated heterocycles. The molecule has 2 atom stereocenters. The number of fused-ring (bicyclic) bond motifs is 8. The predicted octanol–water partition coefficient (Wildman–Crippen LogP) is 22.5. The van der Waals surface area contributed by atoms with E-state index in [1.54, 1.807) is 12.2 Å². The molecule has 14 aromatic rings. The van der Waals surface area contributed by atoms with E-state index in [0.717, 1.165) is 56.8 Å². The van der Waals surface area contributed by atoms with Gasteiger partial charge in [0.15, 0.2) is 0 Å². The van der Waals surface area contributed by atoms with E-state index in [0.29, 0.717) is 13.2 Å². The summed E-state index contributed by atoms with van der Waals surface area (Å²) in [7, 11) is 0. The van der Waals surface area contributed by atoms with Gasteiger partial charge < -0.3 is 19.3 Å². The Hall–Kier alpha value is -11.7. The zero-order valence-electron chi connectivity index (χ0n) is 50.9. The lowest BCUT2D eigenvalue weighted by Crippen LogP contribution is -2.29. The molecule has 16 rings (SSSR count). The van der Waals surface area contributed by atoms with Gasteiger partial charge in [0.25, 0.3) is 0 Å². The number of ether oxygens (including phenoxy) is 2. The molecule has 0 aliphatic heterocycles. The molecule has 438 valence electrons. The Morgan fingerprint density at radius 1 is 0.261 bits per heavy atom. The fourth-order valence-electron chi connectivity index (χ4n) is 14.8. The van der Waals surface area contributed by atoms with Crippen LogP contribution in [0.1, 0.15) is 44.5 Å². The zero-order chi connectivity index (χ0) is 61.6. The van der Waals surface area contributed by atoms with Crippen LogP contribution >= 0.6 is 0 Å². The molecule has 0 bridgehead atoms. The molecule has 4 nitrogen and oxygen atoms in total. The van der Waals surface area contributed by atoms with Crippen LogP contribution in [0.15, 0.2) is 353 Å². The van der Waals surface area contributed by atoms with Gasteiger partial charge in [0, 0.05) is 34.1 Å². The van der Waals surface area contributed by atoms with Crippen LogP contribution in [0, 0.1) is 0 Å². The molecular weight excluding hydrogens is 1120 g/mol. The highest BCUT2D eigenvalue weighted by Gasteiger charge is 2.48. The SMILES string of the molecule is C=CCOc1ccc(C2(c3ccc4ccccc4c3)c3ccccc3-c3ccc(N(c4ccccc4)c4ccc(-c5ccc(N(c6ccccc6)c6ccc7c(c6)C(c6ccc(OCC=C)cc6)(c6ccc8ccccc8c6)c6ccccc6-7)cc5)cc4)cc32)cc1. The smallest absolute Gasteiger partial charge is 0.119 e. The van der Waals surface area contributed by atoms with E-state index in [2.05, 4.69) is 351 Å². The lowest BCUT2D eigenvalue weighted by atomic mass is 9.67. The molecule has 0 amide bonds. The Kier molecular flexibility index (Phi) is 14.1. The Morgan fingerprint density at radius 2 is 0.587 bits per heavy atom. The molecule has 2 unspecified atom stereocenters. The van der Waals surface area contributed by atoms with Gasteiger partial charge in [0.2, 0.25) is 0 Å². The number of nitrogens with zero attached hydrogens (tertiary/aromatic N) is 2. The van der Waals surface area contributed by atoms with Crippen molar-refractivity contribution < 1.29 is 9.47 Å². The quantitative estimate of drug-likeness (QED) is 0.0849. The van der Waals surface area contributed by atoms with Gasteiger partial charge >= 0.3 is 0 Å². The van der Waals surface area contributed by atoms with Crippen molar-refractivity contribution in [2.45, 2.75) is 10.8 Å². The Balaban J connectivity index is 0.783. The largest absolute Gasteiger partial charge is 0.490 e. The van der Waals surface area contributed by atoms with Gasteiger partial charge in [-0.15, -0.1) is 0 Å². The van der Waals surface area contributed by atoms with E-state index in [1.807, 2.05) is 0 Å². The topological polar surface area (TPSA) is 24.9 Å². The van der Waals surface area contributed by atoms with Crippen LogP contribution in [0.3, 0.4) is 0 Å². The predicted molar refractivity (Wildman–Crippen MR) is 382 cm³/mol. The standard InChI is InChI=1S/C88H64N2O2/c1-3-55-91-77-49-39-67(40-50-77)87(69-37-31-61-19-11-13-21-65(61)57-69)83-29-17-15-27-79(83)81-53-47-75(59-85(81)87)89(71-23-7-5-8-24-71)73-43-33-63(34-44-73)64-35-45-74(46-36-64)90(72-25-9-6-10-26-72)76-48-54-82-80-28-16-18-30-84(80)88(86(82)60-76,68-41-51-78(52-42-68)92-56-4-2)70-38-32-62-20-12-14-22-66(62)58-70/h3-54,57-60H,1-2,55-56H2. The monoisotopic (exact) mass is 1180 g/mol. The van der Waals surface area contributed by atoms with Crippen LogP contribution in [0.25, 0.3) is 54.9 Å². The number of para-hydroxylation sites is 2. The summed E-state index contributed by atoms with van der Waals surface area (Å²) in [6.07, 6.45) is 3.57. The van der Waals surface area contributed by atoms with E-state index < -0.39 is 10.8 Å². The number of hydrogen-bond donors (Lipinski definition) is 0. The van der Waals surface area contributed by atoms with E-state index >= 15 is 0 Å². The number of anilines is 6. The molecule has 0 heterocycles. The first-order chi connectivity index (χ1) is 45.5. The third-order valence-electron chi connectivity index (χ3n) is 18.9. The first-order valence-corrected chi connectivity index (χ1v) is 31.6. The second-order valence-corrected chi connectivity index (χ2v) is 23.9. The van der Waals surface area contributed by atoms with Crippen LogP contribution in [0.2, 0.25) is 0 Å². The van der Waals surface area contributed by atoms with Crippen LogP contribution < -0.4 is 19.3 Å². The number of rotatable bonds is 17. The third kappa shape index (κ3) is 9.29. The molecule has 2 aliphatic rings. The summed E-state index contributed by atoms with van der Waals surface area (Å²) in [6, 6.07) is 120. The molecule has 0 aromatic heterocycles. The molecule has 0 saturated carbocycles. The number of benzene rings is 14. The van der Waals surface area contributed by atoms with Crippen LogP contribution in [0.4, 0.5) is 34.1 Å². The van der Waals surface area contributed by atoms with Gasteiger partial charge in [0.1, 0.15) is 24.7 Å². The van der Waals surface area contributed by atoms with Crippen molar-refractivity contribution in [3.63, 3.8) is 0 Å². The Bertz CT molecular complexity index is 4760. The maximum atomic E-state index is 6.08. The highest BCUT2D eigenvalue weighted by molar-refractivity contribution is 5.94. The second-order valence-electron chi connectivity index (χ2n) is 23.9. The summed E-state index contributed by atoms with van der Waals surface area (Å²) < 4.78 is 12.2. The third-order valence-corrected chi connectivity index (χ3v) is 18.9. The maximum absolute atomic E-state index is 6.08. The van der Waals surface area contributed by atoms with Crippen LogP contribution in [0.5, 0.6) is 11.5 Å². The fraction of sp³-hybridized carbons (Fsp3) is 0.0455. The molecule has 0 spiro atoms. The van der Waals surface area contributed by atoms with Crippen LogP contribution in [-0.2, 0) is 10.8 Å². The van der Waals surface area contributed by atoms with Crippen molar-refractivity contribution in [2.75, 3.05) is 23.0 Å². The average Bonchev–Trinajstić information content (AvgIpc) is 1.53. The van der Waals surface area contributed by atoms with E-state index in [-0.39, 0.29) is 0 Å². The van der Waals surface area contributed by atoms with Gasteiger partial charge in [-0.1, -0.05) is 244 Å². The van der Waals surface area contributed by atoms with Gasteiger partial charge in [-0.2, -0.15) is 0 Å². The van der Waals surface area contributed by atoms with E-state index in [9.17, 15) is 0 Å². The molecule has 0 fully saturated rings. The highest BCUT2D eigenvalue weighted by Crippen LogP contribution is 2.60. The summed E-state index contributed by atoms with van der Waals surface area (Å²) in [6.45, 7) is 8.67. The highest BCUT2D eigenvalue weighted by atomic mass is 16.5. The van der Waals surface area contributed by atoms with Gasteiger partial charge in [-0.25, -0.2) is 0 Å². The molecular formula is C88H64N2O2. The Labute approximate surface area is 538 Å². The minimum Gasteiger partial charge on any atom is -0.490 e. The van der Waals surface area contributed by atoms with Crippen molar-refractivity contribution in [3.8, 4) is 44.9 Å². The second kappa shape index (κ2) is 23.3. The van der Waals surface area contributed by atoms with E-state index in [1.165, 1.54) is 88.3 Å². The van der Waals surface area contributed by atoms with Crippen molar-refractivity contribution in [1.82, 2.24) is 0 Å². The molecule has 92 heavy (non-hydrogen) atoms. The normalized spacial score (nSPS) is 15.0. The summed E-state index contributed by atoms with van der Waals surface area (Å²) in [5.74, 6) is 1.62. The summed E-state index contributed by atoms with van der Waals surface area (Å²) in [4.78, 5) is 4.78. The van der Waals surface area contributed by atoms with Crippen molar-refractivity contribution in [3.05, 3.63) is 397 Å². The van der Waals surface area contributed by atoms with Crippen molar-refractivity contribution in [2.24, 2.45) is 0 Å². The lowest BCUT2D eigenvalue weighted by Gasteiger charge is -2.35. The van der Waals surface area contributed by atoms with Gasteiger partial charge in [-0.05, 0) is 209 Å². The zero-order valence-corrected chi connectivity index (χ0v) is 50.9. The molecule has 2 aliphatic carbocycles. The fourth-order valence-corrected chi connectivity index (χ4v) is 14.8. The van der Waals surface area contributed by atoms with Crippen LogP contribution in [-0.4, -0.2) is 13.2 Å². The molecule has 14 aromatic carbocycles. The first-order valence-electron chi connectivity index (χ1n) is 31.6. The molecule has 0 radical (unpaired) electrons. The summed E-state index contributed by atoms with van der Waals surface area (Å²) in [5.41, 5.74) is 21.9. The minimum absolute atomic E-state index is 0.439. The summed E-state index contributed by atoms with van der Waals surface area (Å²) in [5, 5.41) is 4.82. The lowest BCUT2D eigenvalue weighted by molar-refractivity contribution is 0.363. The Morgan fingerprint density at radius 3 is 0.989 bits per heavy atom. The number of hydrogen-bond acceptors (Lipinski definition) is 4. The minimum atomic E-state index is -0.652. The summed E-state index contributed by atoms with van der Waals surface area (Å²) >= 11 is 0.